The summed E-state index contributed by atoms with van der Waals surface area (Å²) in [5.74, 6) is -0.0325. The molecule has 0 atom stereocenters. The predicted molar refractivity (Wildman–Crippen MR) is 111 cm³/mol. The molecule has 152 valence electrons. The third-order valence-electron chi connectivity index (χ3n) is 4.96. The smallest absolute Gasteiger partial charge is 0.269 e. The van der Waals surface area contributed by atoms with E-state index in [0.29, 0.717) is 36.6 Å². The summed E-state index contributed by atoms with van der Waals surface area (Å²) in [6, 6.07) is 16.8. The van der Waals surface area contributed by atoms with Crippen molar-refractivity contribution in [3.8, 4) is 5.75 Å². The van der Waals surface area contributed by atoms with Crippen LogP contribution in [0.1, 0.15) is 20.7 Å². The van der Waals surface area contributed by atoms with Crippen molar-refractivity contribution in [2.45, 2.75) is 0 Å². The second-order valence-electron chi connectivity index (χ2n) is 6.82. The average molecular weight is 405 g/mol. The maximum atomic E-state index is 12.8. The van der Waals surface area contributed by atoms with Crippen LogP contribution in [0.4, 0.5) is 5.69 Å². The van der Waals surface area contributed by atoms with E-state index in [1.165, 1.54) is 17.0 Å². The Bertz CT molecular complexity index is 1080. The van der Waals surface area contributed by atoms with Gasteiger partial charge in [-0.25, -0.2) is 0 Å². The van der Waals surface area contributed by atoms with E-state index in [1.54, 1.807) is 24.3 Å². The Morgan fingerprint density at radius 3 is 2.13 bits per heavy atom. The minimum Gasteiger partial charge on any atom is -0.492 e. The van der Waals surface area contributed by atoms with Crippen LogP contribution in [0.5, 0.6) is 5.75 Å². The summed E-state index contributed by atoms with van der Waals surface area (Å²) in [7, 11) is 0. The molecular formula is C22H19N3O5. The van der Waals surface area contributed by atoms with Crippen LogP contribution in [0.3, 0.4) is 0 Å². The van der Waals surface area contributed by atoms with Crippen molar-refractivity contribution in [3.63, 3.8) is 0 Å². The van der Waals surface area contributed by atoms with E-state index in [0.717, 1.165) is 10.8 Å². The lowest BCUT2D eigenvalue weighted by molar-refractivity contribution is -0.384. The molecule has 0 aliphatic carbocycles. The summed E-state index contributed by atoms with van der Waals surface area (Å²) in [5, 5.41) is 15.4. The molecule has 1 heterocycles. The topological polar surface area (TPSA) is 102 Å². The zero-order chi connectivity index (χ0) is 21.1. The number of amides is 2. The SMILES string of the molecule is O=C1c2cccc3cccc(c23)C(=O)N1CCNCCOc1ccc([N+](=O)[O-])cc1. The van der Waals surface area contributed by atoms with Crippen LogP contribution >= 0.6 is 0 Å². The van der Waals surface area contributed by atoms with Gasteiger partial charge in [0.1, 0.15) is 12.4 Å². The van der Waals surface area contributed by atoms with Crippen LogP contribution in [0.15, 0.2) is 60.7 Å². The third kappa shape index (κ3) is 3.72. The fourth-order valence-electron chi connectivity index (χ4n) is 3.50. The van der Waals surface area contributed by atoms with Gasteiger partial charge >= 0.3 is 0 Å². The maximum Gasteiger partial charge on any atom is 0.269 e. The molecule has 0 saturated carbocycles. The standard InChI is InChI=1S/C22H19N3O5/c26-21-18-5-1-3-15-4-2-6-19(20(15)18)22(27)24(21)13-11-23-12-14-30-17-9-7-16(8-10-17)25(28)29/h1-10,23H,11-14H2. The molecule has 0 saturated heterocycles. The lowest BCUT2D eigenvalue weighted by atomic mass is 9.94. The summed E-state index contributed by atoms with van der Waals surface area (Å²) in [4.78, 5) is 37.0. The van der Waals surface area contributed by atoms with E-state index >= 15 is 0 Å². The normalized spacial score (nSPS) is 13.0. The summed E-state index contributed by atoms with van der Waals surface area (Å²) in [6.07, 6.45) is 0. The summed E-state index contributed by atoms with van der Waals surface area (Å²) in [6.45, 7) is 1.53. The van der Waals surface area contributed by atoms with Crippen molar-refractivity contribution >= 4 is 28.3 Å². The molecule has 1 aliphatic heterocycles. The summed E-state index contributed by atoms with van der Waals surface area (Å²) >= 11 is 0. The van der Waals surface area contributed by atoms with Gasteiger partial charge in [-0.1, -0.05) is 24.3 Å². The number of hydrogen-bond acceptors (Lipinski definition) is 6. The van der Waals surface area contributed by atoms with Crippen molar-refractivity contribution in [1.82, 2.24) is 10.2 Å². The highest BCUT2D eigenvalue weighted by atomic mass is 16.6. The van der Waals surface area contributed by atoms with Gasteiger partial charge in [0.25, 0.3) is 17.5 Å². The highest BCUT2D eigenvalue weighted by Gasteiger charge is 2.31. The Hall–Kier alpha value is -3.78. The highest BCUT2D eigenvalue weighted by Crippen LogP contribution is 2.29. The van der Waals surface area contributed by atoms with E-state index in [9.17, 15) is 19.7 Å². The van der Waals surface area contributed by atoms with Crippen molar-refractivity contribution in [2.24, 2.45) is 0 Å². The molecule has 3 aromatic rings. The lowest BCUT2D eigenvalue weighted by Crippen LogP contribution is -2.44. The molecule has 30 heavy (non-hydrogen) atoms. The van der Waals surface area contributed by atoms with Gasteiger partial charge < -0.3 is 10.1 Å². The number of nitro groups is 1. The van der Waals surface area contributed by atoms with Gasteiger partial charge in [-0.15, -0.1) is 0 Å². The second kappa shape index (κ2) is 8.30. The van der Waals surface area contributed by atoms with Gasteiger partial charge in [-0.05, 0) is 29.7 Å². The molecule has 0 aromatic heterocycles. The molecule has 4 rings (SSSR count). The number of rotatable bonds is 8. The molecule has 0 bridgehead atoms. The summed E-state index contributed by atoms with van der Waals surface area (Å²) in [5.41, 5.74) is 1.10. The van der Waals surface area contributed by atoms with Crippen LogP contribution < -0.4 is 10.1 Å². The van der Waals surface area contributed by atoms with Crippen LogP contribution in [-0.2, 0) is 0 Å². The van der Waals surface area contributed by atoms with Crippen molar-refractivity contribution in [2.75, 3.05) is 26.2 Å². The van der Waals surface area contributed by atoms with Gasteiger partial charge in [-0.3, -0.25) is 24.6 Å². The van der Waals surface area contributed by atoms with Crippen LogP contribution in [0.2, 0.25) is 0 Å². The number of ether oxygens (including phenoxy) is 1. The zero-order valence-corrected chi connectivity index (χ0v) is 16.0. The van der Waals surface area contributed by atoms with Crippen LogP contribution in [0.25, 0.3) is 10.8 Å². The number of non-ortho nitro benzene ring substituents is 1. The maximum absolute atomic E-state index is 12.8. The predicted octanol–water partition coefficient (Wildman–Crippen LogP) is 3.01. The molecule has 0 radical (unpaired) electrons. The number of carbonyl (C=O) groups is 2. The van der Waals surface area contributed by atoms with E-state index in [-0.39, 0.29) is 24.0 Å². The van der Waals surface area contributed by atoms with Gasteiger partial charge in [-0.2, -0.15) is 0 Å². The first-order chi connectivity index (χ1) is 14.6. The summed E-state index contributed by atoms with van der Waals surface area (Å²) < 4.78 is 5.53. The fraction of sp³-hybridized carbons (Fsp3) is 0.182. The molecule has 2 amide bonds. The number of imide groups is 1. The Morgan fingerprint density at radius 1 is 0.900 bits per heavy atom. The Labute approximate surface area is 172 Å². The number of nitro benzene ring substituents is 1. The van der Waals surface area contributed by atoms with Crippen LogP contribution in [-0.4, -0.2) is 47.9 Å². The first-order valence-electron chi connectivity index (χ1n) is 9.52. The van der Waals surface area contributed by atoms with Gasteiger partial charge in [0.15, 0.2) is 0 Å². The first kappa shape index (κ1) is 19.5. The van der Waals surface area contributed by atoms with E-state index in [2.05, 4.69) is 5.32 Å². The van der Waals surface area contributed by atoms with E-state index in [1.807, 2.05) is 24.3 Å². The zero-order valence-electron chi connectivity index (χ0n) is 16.0. The third-order valence-corrected chi connectivity index (χ3v) is 4.96. The minimum absolute atomic E-state index is 0.00797. The molecule has 0 fully saturated rings. The Balaban J connectivity index is 1.29. The second-order valence-corrected chi connectivity index (χ2v) is 6.82. The number of nitrogens with zero attached hydrogens (tertiary/aromatic N) is 2. The lowest BCUT2D eigenvalue weighted by Gasteiger charge is -2.27. The minimum atomic E-state index is -0.465. The van der Waals surface area contributed by atoms with Gasteiger partial charge in [0.05, 0.1) is 4.92 Å². The van der Waals surface area contributed by atoms with Crippen LogP contribution in [0, 0.1) is 10.1 Å². The first-order valence-corrected chi connectivity index (χ1v) is 9.52. The van der Waals surface area contributed by atoms with Crippen molar-refractivity contribution in [1.29, 1.82) is 0 Å². The molecule has 8 nitrogen and oxygen atoms in total. The monoisotopic (exact) mass is 405 g/mol. The molecule has 0 unspecified atom stereocenters. The van der Waals surface area contributed by atoms with Crippen molar-refractivity contribution < 1.29 is 19.2 Å². The number of carbonyl (C=O) groups excluding carboxylic acids is 2. The van der Waals surface area contributed by atoms with Crippen molar-refractivity contribution in [3.05, 3.63) is 81.9 Å². The van der Waals surface area contributed by atoms with E-state index in [4.69, 9.17) is 4.74 Å². The Morgan fingerprint density at radius 2 is 1.53 bits per heavy atom. The largest absolute Gasteiger partial charge is 0.492 e. The van der Waals surface area contributed by atoms with E-state index < -0.39 is 4.92 Å². The molecule has 1 N–H and O–H groups in total. The van der Waals surface area contributed by atoms with Gasteiger partial charge in [0, 0.05) is 48.3 Å². The number of hydrogen-bond donors (Lipinski definition) is 1. The molecular weight excluding hydrogens is 386 g/mol. The molecule has 0 spiro atoms. The number of nitrogens with one attached hydrogen (secondary N) is 1. The molecule has 3 aromatic carbocycles. The number of benzene rings is 3. The highest BCUT2D eigenvalue weighted by molar-refractivity contribution is 6.25. The molecule has 1 aliphatic rings. The average Bonchev–Trinajstić information content (AvgIpc) is 2.76. The fourth-order valence-corrected chi connectivity index (χ4v) is 3.50. The molecule has 8 heteroatoms. The van der Waals surface area contributed by atoms with Gasteiger partial charge in [0.2, 0.25) is 0 Å². The Kier molecular flexibility index (Phi) is 5.40. The quantitative estimate of drug-likeness (QED) is 0.268.